The third kappa shape index (κ3) is 4.54. The number of nitrogens with one attached hydrogen (secondary N) is 3. The minimum Gasteiger partial charge on any atom is -0.353 e. The standard InChI is InChI=1S/C19H26FN5O3S/c1-10(2)21-13(26)9-29-17-14-16(24(3)19(28)25(4)18(14)27)22-15(23-17)11-6-5-7-12(20)8-11/h5-8,10,14-17,22-23H,9H2,1-4H3,(H,21,26). The number of carbonyl (C=O) groups excluding carboxylic acids is 3. The quantitative estimate of drug-likeness (QED) is 0.656. The second-order valence-electron chi connectivity index (χ2n) is 7.54. The number of amides is 4. The summed E-state index contributed by atoms with van der Waals surface area (Å²) in [4.78, 5) is 40.0. The van der Waals surface area contributed by atoms with Gasteiger partial charge in [-0.15, -0.1) is 11.8 Å². The molecule has 2 heterocycles. The average Bonchev–Trinajstić information content (AvgIpc) is 2.67. The van der Waals surface area contributed by atoms with Gasteiger partial charge in [-0.2, -0.15) is 0 Å². The number of benzene rings is 1. The van der Waals surface area contributed by atoms with Gasteiger partial charge in [0.05, 0.1) is 29.4 Å². The summed E-state index contributed by atoms with van der Waals surface area (Å²) < 4.78 is 13.7. The number of nitrogens with zero attached hydrogens (tertiary/aromatic N) is 2. The fourth-order valence-corrected chi connectivity index (χ4v) is 4.73. The van der Waals surface area contributed by atoms with Gasteiger partial charge in [0.15, 0.2) is 0 Å². The number of urea groups is 1. The zero-order valence-electron chi connectivity index (χ0n) is 16.8. The molecule has 0 aromatic heterocycles. The van der Waals surface area contributed by atoms with Gasteiger partial charge in [0.2, 0.25) is 11.8 Å². The van der Waals surface area contributed by atoms with E-state index in [0.717, 1.165) is 4.90 Å². The van der Waals surface area contributed by atoms with Crippen molar-refractivity contribution in [1.82, 2.24) is 25.8 Å². The Kier molecular flexibility index (Phi) is 6.45. The molecule has 3 rings (SSSR count). The summed E-state index contributed by atoms with van der Waals surface area (Å²) in [5.41, 5.74) is 0.646. The van der Waals surface area contributed by atoms with Crippen molar-refractivity contribution in [2.24, 2.45) is 5.92 Å². The van der Waals surface area contributed by atoms with Gasteiger partial charge in [-0.05, 0) is 31.5 Å². The molecule has 0 saturated carbocycles. The number of thioether (sulfide) groups is 1. The van der Waals surface area contributed by atoms with E-state index in [-0.39, 0.29) is 29.4 Å². The van der Waals surface area contributed by atoms with Crippen LogP contribution in [-0.4, -0.2) is 65.1 Å². The van der Waals surface area contributed by atoms with Crippen LogP contribution in [0.25, 0.3) is 0 Å². The summed E-state index contributed by atoms with van der Waals surface area (Å²) in [6, 6.07) is 5.73. The zero-order valence-corrected chi connectivity index (χ0v) is 17.6. The first-order valence-corrected chi connectivity index (χ1v) is 10.5. The molecule has 0 bridgehead atoms. The topological polar surface area (TPSA) is 93.8 Å². The van der Waals surface area contributed by atoms with Crippen molar-refractivity contribution in [3.05, 3.63) is 35.6 Å². The van der Waals surface area contributed by atoms with Crippen LogP contribution in [-0.2, 0) is 9.59 Å². The van der Waals surface area contributed by atoms with Crippen molar-refractivity contribution < 1.29 is 18.8 Å². The predicted octanol–water partition coefficient (Wildman–Crippen LogP) is 1.07. The highest BCUT2D eigenvalue weighted by molar-refractivity contribution is 8.00. The first-order chi connectivity index (χ1) is 13.7. The molecule has 158 valence electrons. The minimum absolute atomic E-state index is 0.0167. The second kappa shape index (κ2) is 8.68. The van der Waals surface area contributed by atoms with E-state index in [1.807, 2.05) is 13.8 Å². The number of hydrogen-bond acceptors (Lipinski definition) is 6. The zero-order chi connectivity index (χ0) is 21.3. The van der Waals surface area contributed by atoms with Crippen molar-refractivity contribution in [3.8, 4) is 0 Å². The fourth-order valence-electron chi connectivity index (χ4n) is 3.61. The van der Waals surface area contributed by atoms with Crippen molar-refractivity contribution in [2.45, 2.75) is 37.6 Å². The third-order valence-corrected chi connectivity index (χ3v) is 6.20. The average molecular weight is 424 g/mol. The number of halogens is 1. The lowest BCUT2D eigenvalue weighted by atomic mass is 9.96. The Morgan fingerprint density at radius 2 is 2.00 bits per heavy atom. The summed E-state index contributed by atoms with van der Waals surface area (Å²) in [7, 11) is 3.07. The van der Waals surface area contributed by atoms with Crippen LogP contribution in [0.3, 0.4) is 0 Å². The Hall–Kier alpha value is -2.17. The number of fused-ring (bicyclic) bond motifs is 1. The molecule has 10 heteroatoms. The van der Waals surface area contributed by atoms with Gasteiger partial charge in [0, 0.05) is 20.1 Å². The number of hydrogen-bond donors (Lipinski definition) is 3. The molecule has 0 spiro atoms. The molecule has 4 amide bonds. The lowest BCUT2D eigenvalue weighted by Crippen LogP contribution is -2.72. The SMILES string of the molecule is CC(C)NC(=O)CSC1NC(c2cccc(F)c2)NC2C1C(=O)N(C)C(=O)N2C. The van der Waals surface area contributed by atoms with Gasteiger partial charge in [-0.3, -0.25) is 25.1 Å². The lowest BCUT2D eigenvalue weighted by molar-refractivity contribution is -0.140. The van der Waals surface area contributed by atoms with Crippen molar-refractivity contribution in [1.29, 1.82) is 0 Å². The predicted molar refractivity (Wildman–Crippen MR) is 108 cm³/mol. The molecule has 1 aromatic carbocycles. The summed E-state index contributed by atoms with van der Waals surface area (Å²) in [5, 5.41) is 8.94. The lowest BCUT2D eigenvalue weighted by Gasteiger charge is -2.50. The highest BCUT2D eigenvalue weighted by Gasteiger charge is 2.51. The van der Waals surface area contributed by atoms with Gasteiger partial charge in [0.1, 0.15) is 5.82 Å². The molecule has 3 N–H and O–H groups in total. The van der Waals surface area contributed by atoms with Crippen molar-refractivity contribution in [2.75, 3.05) is 19.8 Å². The molecule has 2 fully saturated rings. The van der Waals surface area contributed by atoms with Crippen LogP contribution in [0.2, 0.25) is 0 Å². The molecule has 8 nitrogen and oxygen atoms in total. The van der Waals surface area contributed by atoms with Crippen LogP contribution in [0.4, 0.5) is 9.18 Å². The van der Waals surface area contributed by atoms with Crippen LogP contribution in [0.1, 0.15) is 25.6 Å². The smallest absolute Gasteiger partial charge is 0.327 e. The third-order valence-electron chi connectivity index (χ3n) is 4.98. The van der Waals surface area contributed by atoms with Gasteiger partial charge >= 0.3 is 6.03 Å². The van der Waals surface area contributed by atoms with E-state index in [2.05, 4.69) is 16.0 Å². The molecule has 2 saturated heterocycles. The van der Waals surface area contributed by atoms with E-state index >= 15 is 0 Å². The Bertz CT molecular complexity index is 808. The van der Waals surface area contributed by atoms with Gasteiger partial charge in [-0.25, -0.2) is 9.18 Å². The van der Waals surface area contributed by atoms with Gasteiger partial charge in [-0.1, -0.05) is 12.1 Å². The van der Waals surface area contributed by atoms with Crippen LogP contribution in [0, 0.1) is 11.7 Å². The normalized spacial score (nSPS) is 27.2. The van der Waals surface area contributed by atoms with Crippen LogP contribution in [0.5, 0.6) is 0 Å². The fraction of sp³-hybridized carbons (Fsp3) is 0.526. The maximum atomic E-state index is 13.7. The second-order valence-corrected chi connectivity index (χ2v) is 8.67. The van der Waals surface area contributed by atoms with Crippen LogP contribution >= 0.6 is 11.8 Å². The molecule has 2 aliphatic rings. The summed E-state index contributed by atoms with van der Waals surface area (Å²) in [6.45, 7) is 3.75. The maximum absolute atomic E-state index is 13.7. The molecular weight excluding hydrogens is 397 g/mol. The molecule has 0 radical (unpaired) electrons. The number of rotatable bonds is 5. The van der Waals surface area contributed by atoms with E-state index < -0.39 is 29.7 Å². The molecule has 0 aliphatic carbocycles. The van der Waals surface area contributed by atoms with Crippen LogP contribution < -0.4 is 16.0 Å². The first kappa shape index (κ1) is 21.5. The maximum Gasteiger partial charge on any atom is 0.327 e. The van der Waals surface area contributed by atoms with Gasteiger partial charge < -0.3 is 10.2 Å². The van der Waals surface area contributed by atoms with Gasteiger partial charge in [0.25, 0.3) is 0 Å². The number of imide groups is 1. The Balaban J connectivity index is 1.86. The number of carbonyl (C=O) groups is 3. The van der Waals surface area contributed by atoms with Crippen LogP contribution in [0.15, 0.2) is 24.3 Å². The summed E-state index contributed by atoms with van der Waals surface area (Å²) in [5.74, 6) is -1.27. The Labute approximate surface area is 173 Å². The summed E-state index contributed by atoms with van der Waals surface area (Å²) in [6.07, 6.45) is -1.06. The molecular formula is C19H26FN5O3S. The molecule has 29 heavy (non-hydrogen) atoms. The van der Waals surface area contributed by atoms with Crippen molar-refractivity contribution >= 4 is 29.6 Å². The summed E-state index contributed by atoms with van der Waals surface area (Å²) >= 11 is 1.30. The molecule has 4 unspecified atom stereocenters. The van der Waals surface area contributed by atoms with E-state index in [4.69, 9.17) is 0 Å². The van der Waals surface area contributed by atoms with Crippen molar-refractivity contribution in [3.63, 3.8) is 0 Å². The van der Waals surface area contributed by atoms with E-state index in [9.17, 15) is 18.8 Å². The van der Waals surface area contributed by atoms with E-state index in [1.165, 1.54) is 35.8 Å². The highest BCUT2D eigenvalue weighted by atomic mass is 32.2. The molecule has 1 aromatic rings. The Morgan fingerprint density at radius 1 is 1.28 bits per heavy atom. The minimum atomic E-state index is -0.593. The molecule has 4 atom stereocenters. The first-order valence-electron chi connectivity index (χ1n) is 9.42. The van der Waals surface area contributed by atoms with E-state index in [0.29, 0.717) is 5.56 Å². The Morgan fingerprint density at radius 3 is 2.66 bits per heavy atom. The molecule has 2 aliphatic heterocycles. The van der Waals surface area contributed by atoms with E-state index in [1.54, 1.807) is 19.2 Å². The highest BCUT2D eigenvalue weighted by Crippen LogP contribution is 2.34. The largest absolute Gasteiger partial charge is 0.353 e. The monoisotopic (exact) mass is 423 g/mol.